The number of hydrogen-bond acceptors (Lipinski definition) is 3. The van der Waals surface area contributed by atoms with E-state index in [0.29, 0.717) is 13.0 Å². The second-order valence-corrected chi connectivity index (χ2v) is 5.55. The molecule has 1 aliphatic rings. The Balaban J connectivity index is 2.67. The Labute approximate surface area is 133 Å². The Bertz CT molecular complexity index is 453. The van der Waals surface area contributed by atoms with Gasteiger partial charge in [-0.1, -0.05) is 51.7 Å². The highest BCUT2D eigenvalue weighted by atomic mass is 16.5. The molecule has 22 heavy (non-hydrogen) atoms. The quantitative estimate of drug-likeness (QED) is 0.486. The van der Waals surface area contributed by atoms with Crippen LogP contribution in [0.4, 0.5) is 0 Å². The van der Waals surface area contributed by atoms with Crippen molar-refractivity contribution in [3.63, 3.8) is 0 Å². The summed E-state index contributed by atoms with van der Waals surface area (Å²) in [6, 6.07) is 0. The number of likely N-dealkylation sites (tertiary alicyclic amines) is 1. The Morgan fingerprint density at radius 3 is 2.68 bits per heavy atom. The molecule has 1 amide bonds. The monoisotopic (exact) mass is 305 g/mol. The summed E-state index contributed by atoms with van der Waals surface area (Å²) in [7, 11) is 0. The van der Waals surface area contributed by atoms with E-state index in [-0.39, 0.29) is 30.3 Å². The summed E-state index contributed by atoms with van der Waals surface area (Å²) in [5, 5.41) is 0. The molecule has 0 aliphatic carbocycles. The first kappa shape index (κ1) is 18.2. The van der Waals surface area contributed by atoms with Gasteiger partial charge >= 0.3 is 5.97 Å². The van der Waals surface area contributed by atoms with Crippen molar-refractivity contribution in [3.8, 4) is 0 Å². The van der Waals surface area contributed by atoms with E-state index in [2.05, 4.69) is 20.1 Å². The minimum absolute atomic E-state index is 0.0866. The van der Waals surface area contributed by atoms with Gasteiger partial charge in [0.2, 0.25) is 5.91 Å². The molecule has 0 bridgehead atoms. The highest BCUT2D eigenvalue weighted by molar-refractivity contribution is 5.89. The smallest absolute Gasteiger partial charge is 0.311 e. The van der Waals surface area contributed by atoms with E-state index >= 15 is 0 Å². The molecule has 0 aromatic carbocycles. The van der Waals surface area contributed by atoms with E-state index in [1.54, 1.807) is 23.1 Å². The van der Waals surface area contributed by atoms with Gasteiger partial charge in [0.15, 0.2) is 0 Å². The predicted molar refractivity (Wildman–Crippen MR) is 88.2 cm³/mol. The van der Waals surface area contributed by atoms with Gasteiger partial charge in [0.05, 0.1) is 11.8 Å². The molecule has 1 aliphatic heterocycles. The molecule has 122 valence electrons. The van der Waals surface area contributed by atoms with Gasteiger partial charge in [0.1, 0.15) is 6.61 Å². The Kier molecular flexibility index (Phi) is 7.64. The fourth-order valence-electron chi connectivity index (χ4n) is 2.70. The van der Waals surface area contributed by atoms with Crippen molar-refractivity contribution in [2.24, 2.45) is 11.8 Å². The largest absolute Gasteiger partial charge is 0.461 e. The first-order valence-electron chi connectivity index (χ1n) is 7.98. The van der Waals surface area contributed by atoms with E-state index in [1.807, 2.05) is 6.92 Å². The van der Waals surface area contributed by atoms with E-state index in [0.717, 1.165) is 25.0 Å². The molecule has 0 radical (unpaired) electrons. The molecular formula is C18H27NO3. The van der Waals surface area contributed by atoms with Crippen LogP contribution in [0.25, 0.3) is 0 Å². The van der Waals surface area contributed by atoms with Crippen LogP contribution in [0, 0.1) is 11.8 Å². The fraction of sp³-hybridized carbons (Fsp3) is 0.556. The Morgan fingerprint density at radius 2 is 2.14 bits per heavy atom. The Hall–Kier alpha value is -1.84. The molecule has 1 saturated heterocycles. The second kappa shape index (κ2) is 9.23. The third-order valence-electron chi connectivity index (χ3n) is 4.03. The van der Waals surface area contributed by atoms with Crippen LogP contribution in [0.3, 0.4) is 0 Å². The maximum absolute atomic E-state index is 12.3. The first-order valence-corrected chi connectivity index (χ1v) is 7.98. The number of allylic oxidation sites excluding steroid dienone is 2. The van der Waals surface area contributed by atoms with Crippen molar-refractivity contribution in [1.82, 2.24) is 4.90 Å². The van der Waals surface area contributed by atoms with E-state index in [1.165, 1.54) is 0 Å². The highest BCUT2D eigenvalue weighted by Gasteiger charge is 2.43. The first-order chi connectivity index (χ1) is 10.6. The molecular weight excluding hydrogens is 278 g/mol. The minimum atomic E-state index is -0.357. The van der Waals surface area contributed by atoms with Gasteiger partial charge in [0, 0.05) is 13.1 Å². The van der Waals surface area contributed by atoms with Gasteiger partial charge in [-0.05, 0) is 18.4 Å². The summed E-state index contributed by atoms with van der Waals surface area (Å²) in [5.74, 6) is -0.816. The van der Waals surface area contributed by atoms with Crippen molar-refractivity contribution in [2.45, 2.75) is 33.1 Å². The minimum Gasteiger partial charge on any atom is -0.461 e. The van der Waals surface area contributed by atoms with E-state index in [9.17, 15) is 9.59 Å². The highest BCUT2D eigenvalue weighted by Crippen LogP contribution is 2.29. The topological polar surface area (TPSA) is 46.6 Å². The summed E-state index contributed by atoms with van der Waals surface area (Å²) >= 11 is 0. The van der Waals surface area contributed by atoms with Gasteiger partial charge in [-0.15, -0.1) is 0 Å². The van der Waals surface area contributed by atoms with Gasteiger partial charge in [-0.2, -0.15) is 0 Å². The molecule has 2 unspecified atom stereocenters. The maximum Gasteiger partial charge on any atom is 0.311 e. The van der Waals surface area contributed by atoms with Crippen molar-refractivity contribution < 1.29 is 14.3 Å². The third kappa shape index (κ3) is 4.58. The molecule has 4 nitrogen and oxygen atoms in total. The second-order valence-electron chi connectivity index (χ2n) is 5.55. The van der Waals surface area contributed by atoms with Crippen LogP contribution in [0.5, 0.6) is 0 Å². The van der Waals surface area contributed by atoms with Crippen molar-refractivity contribution in [3.05, 3.63) is 37.0 Å². The van der Waals surface area contributed by atoms with Crippen molar-refractivity contribution in [2.75, 3.05) is 19.7 Å². The molecule has 0 saturated carbocycles. The average Bonchev–Trinajstić information content (AvgIpc) is 2.85. The number of unbranched alkanes of at least 4 members (excludes halogenated alkanes) is 1. The summed E-state index contributed by atoms with van der Waals surface area (Å²) < 4.78 is 5.36. The SMILES string of the molecule is C=C/C=C(\C=C)COC(=O)C1CN(CCCC)C(=O)C1CC. The zero-order chi connectivity index (χ0) is 16.5. The summed E-state index contributed by atoms with van der Waals surface area (Å²) in [6.07, 6.45) is 7.69. The van der Waals surface area contributed by atoms with E-state index < -0.39 is 0 Å². The molecule has 1 heterocycles. The lowest BCUT2D eigenvalue weighted by molar-refractivity contribution is -0.149. The lowest BCUT2D eigenvalue weighted by Crippen LogP contribution is -2.28. The summed E-state index contributed by atoms with van der Waals surface area (Å²) in [5.41, 5.74) is 0.795. The molecule has 0 aromatic heterocycles. The number of nitrogens with zero attached hydrogens (tertiary/aromatic N) is 1. The lowest BCUT2D eigenvalue weighted by Gasteiger charge is -2.15. The standard InChI is InChI=1S/C18H27NO3/c1-5-9-11-19-12-16(15(8-4)17(19)20)18(21)22-13-14(7-3)10-6-2/h6-7,10,15-16H,2-3,5,8-9,11-13H2,1,4H3/b14-10+. The number of amides is 1. The zero-order valence-electron chi connectivity index (χ0n) is 13.7. The third-order valence-corrected chi connectivity index (χ3v) is 4.03. The van der Waals surface area contributed by atoms with Crippen LogP contribution in [0.1, 0.15) is 33.1 Å². The molecule has 0 aromatic rings. The van der Waals surface area contributed by atoms with Crippen LogP contribution in [0.2, 0.25) is 0 Å². The van der Waals surface area contributed by atoms with Gasteiger partial charge in [-0.25, -0.2) is 0 Å². The van der Waals surface area contributed by atoms with Crippen molar-refractivity contribution >= 4 is 11.9 Å². The maximum atomic E-state index is 12.3. The van der Waals surface area contributed by atoms with Crippen molar-refractivity contribution in [1.29, 1.82) is 0 Å². The number of carbonyl (C=O) groups excluding carboxylic acids is 2. The number of hydrogen-bond donors (Lipinski definition) is 0. The zero-order valence-corrected chi connectivity index (χ0v) is 13.7. The fourth-order valence-corrected chi connectivity index (χ4v) is 2.70. The molecule has 2 atom stereocenters. The molecule has 4 heteroatoms. The number of ether oxygens (including phenoxy) is 1. The summed E-state index contributed by atoms with van der Waals surface area (Å²) in [6.45, 7) is 12.7. The lowest BCUT2D eigenvalue weighted by atomic mass is 9.93. The molecule has 0 spiro atoms. The van der Waals surface area contributed by atoms with Crippen LogP contribution in [-0.2, 0) is 14.3 Å². The van der Waals surface area contributed by atoms with Crippen LogP contribution in [0.15, 0.2) is 37.0 Å². The van der Waals surface area contributed by atoms with Crippen LogP contribution >= 0.6 is 0 Å². The number of esters is 1. The molecule has 0 N–H and O–H groups in total. The van der Waals surface area contributed by atoms with E-state index in [4.69, 9.17) is 4.74 Å². The number of rotatable bonds is 9. The normalized spacial score (nSPS) is 21.8. The molecule has 1 rings (SSSR count). The predicted octanol–water partition coefficient (Wildman–Crippen LogP) is 3.11. The van der Waals surface area contributed by atoms with Crippen LogP contribution < -0.4 is 0 Å². The average molecular weight is 305 g/mol. The summed E-state index contributed by atoms with van der Waals surface area (Å²) in [4.78, 5) is 26.5. The van der Waals surface area contributed by atoms with Gasteiger partial charge in [-0.3, -0.25) is 9.59 Å². The number of carbonyl (C=O) groups is 2. The molecule has 1 fully saturated rings. The van der Waals surface area contributed by atoms with Gasteiger partial charge < -0.3 is 9.64 Å². The van der Waals surface area contributed by atoms with Gasteiger partial charge in [0.25, 0.3) is 0 Å². The van der Waals surface area contributed by atoms with Crippen LogP contribution in [-0.4, -0.2) is 36.5 Å². The Morgan fingerprint density at radius 1 is 1.41 bits per heavy atom.